The fraction of sp³-hybridized carbons (Fsp3) is 0.0952. The summed E-state index contributed by atoms with van der Waals surface area (Å²) in [5.74, 6) is 0.136. The molecule has 6 heteroatoms. The van der Waals surface area contributed by atoms with Crippen molar-refractivity contribution in [3.05, 3.63) is 90.2 Å². The van der Waals surface area contributed by atoms with Crippen LogP contribution in [0.4, 0.5) is 15.8 Å². The van der Waals surface area contributed by atoms with Crippen molar-refractivity contribution in [1.82, 2.24) is 0 Å². The second-order valence-electron chi connectivity index (χ2n) is 5.53. The molecular weight excluding hydrogens is 343 g/mol. The number of hydrogen-bond acceptors (Lipinski definition) is 4. The zero-order valence-electron chi connectivity index (χ0n) is 14.8. The molecule has 0 atom stereocenters. The van der Waals surface area contributed by atoms with E-state index in [9.17, 15) is 4.39 Å². The van der Waals surface area contributed by atoms with E-state index in [1.165, 1.54) is 6.07 Å². The smallest absolute Gasteiger partial charge is 0.201 e. The van der Waals surface area contributed by atoms with Crippen molar-refractivity contribution in [2.24, 2.45) is 15.3 Å². The molecule has 0 saturated carbocycles. The van der Waals surface area contributed by atoms with Gasteiger partial charge in [0, 0.05) is 11.6 Å². The molecule has 0 aliphatic rings. The minimum atomic E-state index is -0.454. The predicted molar refractivity (Wildman–Crippen MR) is 105 cm³/mol. The number of hydrogen-bond donors (Lipinski definition) is 1. The van der Waals surface area contributed by atoms with E-state index in [4.69, 9.17) is 4.74 Å². The number of azo groups is 1. The van der Waals surface area contributed by atoms with Crippen LogP contribution in [0.3, 0.4) is 0 Å². The largest absolute Gasteiger partial charge is 0.491 e. The average molecular weight is 362 g/mol. The van der Waals surface area contributed by atoms with Gasteiger partial charge in [-0.15, -0.1) is 10.2 Å². The number of rotatable bonds is 6. The van der Waals surface area contributed by atoms with Gasteiger partial charge in [0.15, 0.2) is 11.6 Å². The third-order valence-electron chi connectivity index (χ3n) is 3.57. The molecule has 0 amide bonds. The molecule has 0 radical (unpaired) electrons. The van der Waals surface area contributed by atoms with E-state index in [1.807, 2.05) is 60.7 Å². The van der Waals surface area contributed by atoms with E-state index in [0.717, 1.165) is 5.56 Å². The van der Waals surface area contributed by atoms with Crippen LogP contribution < -0.4 is 10.2 Å². The summed E-state index contributed by atoms with van der Waals surface area (Å²) >= 11 is 0. The van der Waals surface area contributed by atoms with E-state index in [-0.39, 0.29) is 5.75 Å². The second kappa shape index (κ2) is 9.24. The summed E-state index contributed by atoms with van der Waals surface area (Å²) < 4.78 is 19.2. The SMILES string of the molecule is CCOc1ccc(NN=C(N=Nc2ccccc2)c2ccccc2)cc1F. The average Bonchev–Trinajstić information content (AvgIpc) is 2.71. The number of anilines is 1. The lowest BCUT2D eigenvalue weighted by atomic mass is 10.2. The fourth-order valence-corrected chi connectivity index (χ4v) is 2.29. The molecule has 1 N–H and O–H groups in total. The van der Waals surface area contributed by atoms with Gasteiger partial charge in [-0.1, -0.05) is 48.5 Å². The number of nitrogens with one attached hydrogen (secondary N) is 1. The first kappa shape index (κ1) is 18.3. The minimum absolute atomic E-state index is 0.207. The molecule has 0 aliphatic carbocycles. The zero-order chi connectivity index (χ0) is 18.9. The van der Waals surface area contributed by atoms with Gasteiger partial charge in [-0.3, -0.25) is 5.43 Å². The summed E-state index contributed by atoms with van der Waals surface area (Å²) in [6, 6.07) is 23.4. The highest BCUT2D eigenvalue weighted by molar-refractivity contribution is 5.99. The molecule has 0 spiro atoms. The van der Waals surface area contributed by atoms with Gasteiger partial charge >= 0.3 is 0 Å². The molecule has 3 rings (SSSR count). The third-order valence-corrected chi connectivity index (χ3v) is 3.57. The van der Waals surface area contributed by atoms with Gasteiger partial charge in [-0.2, -0.15) is 5.10 Å². The Bertz CT molecular complexity index is 927. The highest BCUT2D eigenvalue weighted by atomic mass is 19.1. The summed E-state index contributed by atoms with van der Waals surface area (Å²) in [5, 5.41) is 12.7. The second-order valence-corrected chi connectivity index (χ2v) is 5.53. The van der Waals surface area contributed by atoms with Crippen molar-refractivity contribution in [1.29, 1.82) is 0 Å². The molecule has 0 aliphatic heterocycles. The van der Waals surface area contributed by atoms with Crippen LogP contribution in [0.2, 0.25) is 0 Å². The molecule has 0 fully saturated rings. The molecule has 0 aromatic heterocycles. The van der Waals surface area contributed by atoms with Gasteiger partial charge in [0.25, 0.3) is 0 Å². The topological polar surface area (TPSA) is 58.3 Å². The number of nitrogens with zero attached hydrogens (tertiary/aromatic N) is 3. The van der Waals surface area contributed by atoms with Crippen LogP contribution >= 0.6 is 0 Å². The summed E-state index contributed by atoms with van der Waals surface area (Å²) in [6.45, 7) is 2.21. The van der Waals surface area contributed by atoms with Crippen molar-refractivity contribution >= 4 is 17.2 Å². The Morgan fingerprint density at radius 3 is 2.33 bits per heavy atom. The highest BCUT2D eigenvalue weighted by Gasteiger charge is 2.05. The molecule has 27 heavy (non-hydrogen) atoms. The maximum Gasteiger partial charge on any atom is 0.201 e. The minimum Gasteiger partial charge on any atom is -0.491 e. The molecule has 136 valence electrons. The van der Waals surface area contributed by atoms with Gasteiger partial charge in [-0.05, 0) is 31.2 Å². The van der Waals surface area contributed by atoms with Crippen molar-refractivity contribution in [2.75, 3.05) is 12.0 Å². The first-order chi connectivity index (χ1) is 13.3. The Kier molecular flexibility index (Phi) is 6.25. The predicted octanol–water partition coefficient (Wildman–Crippen LogP) is 5.78. The van der Waals surface area contributed by atoms with Crippen LogP contribution in [0.5, 0.6) is 5.75 Å². The molecule has 0 unspecified atom stereocenters. The maximum atomic E-state index is 14.0. The Morgan fingerprint density at radius 1 is 0.963 bits per heavy atom. The normalized spacial score (nSPS) is 11.6. The van der Waals surface area contributed by atoms with Gasteiger partial charge in [0.2, 0.25) is 5.84 Å². The Hall–Kier alpha value is -3.54. The van der Waals surface area contributed by atoms with Gasteiger partial charge in [0.1, 0.15) is 0 Å². The lowest BCUT2D eigenvalue weighted by Gasteiger charge is -2.07. The van der Waals surface area contributed by atoms with Gasteiger partial charge in [-0.25, -0.2) is 4.39 Å². The van der Waals surface area contributed by atoms with E-state index in [2.05, 4.69) is 20.8 Å². The van der Waals surface area contributed by atoms with Crippen molar-refractivity contribution < 1.29 is 9.13 Å². The van der Waals surface area contributed by atoms with Gasteiger partial charge in [0.05, 0.1) is 18.0 Å². The Morgan fingerprint density at radius 2 is 1.67 bits per heavy atom. The number of amidine groups is 1. The Balaban J connectivity index is 1.84. The van der Waals surface area contributed by atoms with E-state index in [0.29, 0.717) is 23.8 Å². The van der Waals surface area contributed by atoms with Crippen molar-refractivity contribution in [2.45, 2.75) is 6.92 Å². The standard InChI is InChI=1S/C21H19FN4O/c1-2-27-20-14-13-18(15-19(20)22)24-26-21(16-9-5-3-6-10-16)25-23-17-11-7-4-8-12-17/h3-15,24H,2H2,1H3. The molecular formula is C21H19FN4O. The Labute approximate surface area is 157 Å². The number of hydrazone groups is 1. The van der Waals surface area contributed by atoms with Crippen LogP contribution in [0.25, 0.3) is 0 Å². The van der Waals surface area contributed by atoms with Crippen LogP contribution in [-0.2, 0) is 0 Å². The quantitative estimate of drug-likeness (QED) is 0.261. The van der Waals surface area contributed by atoms with Crippen LogP contribution in [-0.4, -0.2) is 12.4 Å². The molecule has 0 saturated heterocycles. The highest BCUT2D eigenvalue weighted by Crippen LogP contribution is 2.21. The van der Waals surface area contributed by atoms with Crippen LogP contribution in [0.15, 0.2) is 94.2 Å². The van der Waals surface area contributed by atoms with E-state index < -0.39 is 5.82 Å². The lowest BCUT2D eigenvalue weighted by molar-refractivity contribution is 0.321. The van der Waals surface area contributed by atoms with E-state index in [1.54, 1.807) is 19.1 Å². The molecule has 5 nitrogen and oxygen atoms in total. The van der Waals surface area contributed by atoms with Crippen LogP contribution in [0, 0.1) is 5.82 Å². The summed E-state index contributed by atoms with van der Waals surface area (Å²) in [6.07, 6.45) is 0. The first-order valence-electron chi connectivity index (χ1n) is 8.54. The number of ether oxygens (including phenoxy) is 1. The monoisotopic (exact) mass is 362 g/mol. The number of halogens is 1. The number of benzene rings is 3. The maximum absolute atomic E-state index is 14.0. The van der Waals surface area contributed by atoms with E-state index >= 15 is 0 Å². The summed E-state index contributed by atoms with van der Waals surface area (Å²) in [4.78, 5) is 0. The molecule has 0 heterocycles. The summed E-state index contributed by atoms with van der Waals surface area (Å²) in [5.41, 5.74) is 4.82. The third kappa shape index (κ3) is 5.22. The molecule has 0 bridgehead atoms. The lowest BCUT2D eigenvalue weighted by Crippen LogP contribution is -2.02. The molecule has 3 aromatic rings. The van der Waals surface area contributed by atoms with Crippen molar-refractivity contribution in [3.63, 3.8) is 0 Å². The first-order valence-corrected chi connectivity index (χ1v) is 8.54. The molecule has 3 aromatic carbocycles. The fourth-order valence-electron chi connectivity index (χ4n) is 2.29. The summed E-state index contributed by atoms with van der Waals surface area (Å²) in [7, 11) is 0. The van der Waals surface area contributed by atoms with Gasteiger partial charge < -0.3 is 4.74 Å². The zero-order valence-corrected chi connectivity index (χ0v) is 14.8. The van der Waals surface area contributed by atoms with Crippen LogP contribution in [0.1, 0.15) is 12.5 Å². The van der Waals surface area contributed by atoms with Crippen molar-refractivity contribution in [3.8, 4) is 5.75 Å².